The van der Waals surface area contributed by atoms with E-state index in [4.69, 9.17) is 0 Å². The Morgan fingerprint density at radius 1 is 1.50 bits per heavy atom. The van der Waals surface area contributed by atoms with E-state index in [1.807, 2.05) is 10.9 Å². The minimum absolute atomic E-state index is 0.741. The molecule has 0 bridgehead atoms. The quantitative estimate of drug-likeness (QED) is 0.756. The molecule has 0 spiro atoms. The van der Waals surface area contributed by atoms with E-state index in [0.29, 0.717) is 0 Å². The Kier molecular flexibility index (Phi) is 4.50. The molecule has 0 aromatic carbocycles. The SMILES string of the molecule is CCC[C@H](C)CNc1cnn(CC)c1. The van der Waals surface area contributed by atoms with Crippen molar-refractivity contribution in [1.29, 1.82) is 0 Å². The van der Waals surface area contributed by atoms with Gasteiger partial charge in [-0.05, 0) is 19.3 Å². The van der Waals surface area contributed by atoms with Gasteiger partial charge >= 0.3 is 0 Å². The highest BCUT2D eigenvalue weighted by molar-refractivity contribution is 5.37. The first kappa shape index (κ1) is 11.1. The van der Waals surface area contributed by atoms with Crippen molar-refractivity contribution in [3.63, 3.8) is 0 Å². The number of rotatable bonds is 6. The molecule has 3 nitrogen and oxygen atoms in total. The predicted molar refractivity (Wildman–Crippen MR) is 60.5 cm³/mol. The number of hydrogen-bond acceptors (Lipinski definition) is 2. The van der Waals surface area contributed by atoms with Gasteiger partial charge in [-0.15, -0.1) is 0 Å². The smallest absolute Gasteiger partial charge is 0.0726 e. The fourth-order valence-electron chi connectivity index (χ4n) is 1.51. The molecule has 3 heteroatoms. The second-order valence-corrected chi connectivity index (χ2v) is 3.86. The highest BCUT2D eigenvalue weighted by Gasteiger charge is 2.01. The van der Waals surface area contributed by atoms with Crippen LogP contribution in [0.3, 0.4) is 0 Å². The number of aryl methyl sites for hydroxylation is 1. The van der Waals surface area contributed by atoms with Gasteiger partial charge in [0.2, 0.25) is 0 Å². The van der Waals surface area contributed by atoms with Crippen molar-refractivity contribution in [2.45, 2.75) is 40.2 Å². The summed E-state index contributed by atoms with van der Waals surface area (Å²) in [5.74, 6) is 0.741. The first-order chi connectivity index (χ1) is 6.76. The lowest BCUT2D eigenvalue weighted by molar-refractivity contribution is 0.550. The number of nitrogens with one attached hydrogen (secondary N) is 1. The maximum Gasteiger partial charge on any atom is 0.0726 e. The molecule has 1 aromatic heterocycles. The van der Waals surface area contributed by atoms with Crippen molar-refractivity contribution in [3.8, 4) is 0 Å². The molecule has 0 aliphatic rings. The summed E-state index contributed by atoms with van der Waals surface area (Å²) in [5.41, 5.74) is 1.13. The van der Waals surface area contributed by atoms with Crippen molar-refractivity contribution >= 4 is 5.69 Å². The van der Waals surface area contributed by atoms with Gasteiger partial charge < -0.3 is 5.32 Å². The van der Waals surface area contributed by atoms with Crippen LogP contribution < -0.4 is 5.32 Å². The summed E-state index contributed by atoms with van der Waals surface area (Å²) in [5, 5.41) is 7.61. The Balaban J connectivity index is 2.30. The van der Waals surface area contributed by atoms with Crippen LogP contribution in [-0.2, 0) is 6.54 Å². The van der Waals surface area contributed by atoms with Gasteiger partial charge in [0.25, 0.3) is 0 Å². The van der Waals surface area contributed by atoms with E-state index in [1.165, 1.54) is 12.8 Å². The van der Waals surface area contributed by atoms with E-state index in [1.54, 1.807) is 0 Å². The van der Waals surface area contributed by atoms with Crippen LogP contribution in [-0.4, -0.2) is 16.3 Å². The molecule has 0 aliphatic carbocycles. The van der Waals surface area contributed by atoms with E-state index in [2.05, 4.69) is 37.4 Å². The summed E-state index contributed by atoms with van der Waals surface area (Å²) in [7, 11) is 0. The molecule has 1 rings (SSSR count). The van der Waals surface area contributed by atoms with Crippen molar-refractivity contribution in [3.05, 3.63) is 12.4 Å². The lowest BCUT2D eigenvalue weighted by atomic mass is 10.1. The average Bonchev–Trinajstić information content (AvgIpc) is 2.63. The van der Waals surface area contributed by atoms with Crippen molar-refractivity contribution < 1.29 is 0 Å². The fourth-order valence-corrected chi connectivity index (χ4v) is 1.51. The van der Waals surface area contributed by atoms with Crippen molar-refractivity contribution in [2.75, 3.05) is 11.9 Å². The summed E-state index contributed by atoms with van der Waals surface area (Å²) in [4.78, 5) is 0. The maximum absolute atomic E-state index is 4.21. The van der Waals surface area contributed by atoms with Crippen LogP contribution in [0.15, 0.2) is 12.4 Å². The van der Waals surface area contributed by atoms with E-state index in [9.17, 15) is 0 Å². The van der Waals surface area contributed by atoms with Crippen LogP contribution in [0.2, 0.25) is 0 Å². The molecule has 1 N–H and O–H groups in total. The number of anilines is 1. The molecule has 1 heterocycles. The van der Waals surface area contributed by atoms with Gasteiger partial charge in [0.15, 0.2) is 0 Å². The summed E-state index contributed by atoms with van der Waals surface area (Å²) >= 11 is 0. The van der Waals surface area contributed by atoms with E-state index in [-0.39, 0.29) is 0 Å². The predicted octanol–water partition coefficient (Wildman–Crippen LogP) is 2.75. The van der Waals surface area contributed by atoms with Gasteiger partial charge in [-0.1, -0.05) is 20.3 Å². The lowest BCUT2D eigenvalue weighted by Gasteiger charge is -2.10. The first-order valence-electron chi connectivity index (χ1n) is 5.52. The van der Waals surface area contributed by atoms with E-state index < -0.39 is 0 Å². The van der Waals surface area contributed by atoms with Gasteiger partial charge in [-0.3, -0.25) is 4.68 Å². The van der Waals surface area contributed by atoms with Crippen LogP contribution in [0.4, 0.5) is 5.69 Å². The van der Waals surface area contributed by atoms with Crippen molar-refractivity contribution in [2.24, 2.45) is 5.92 Å². The highest BCUT2D eigenvalue weighted by Crippen LogP contribution is 2.09. The largest absolute Gasteiger partial charge is 0.382 e. The molecule has 1 aromatic rings. The molecule has 0 saturated heterocycles. The highest BCUT2D eigenvalue weighted by atomic mass is 15.3. The summed E-state index contributed by atoms with van der Waals surface area (Å²) in [6, 6.07) is 0. The maximum atomic E-state index is 4.21. The second-order valence-electron chi connectivity index (χ2n) is 3.86. The van der Waals surface area contributed by atoms with Crippen molar-refractivity contribution in [1.82, 2.24) is 9.78 Å². The summed E-state index contributed by atoms with van der Waals surface area (Å²) < 4.78 is 1.94. The Bertz CT molecular complexity index is 255. The molecule has 14 heavy (non-hydrogen) atoms. The van der Waals surface area contributed by atoms with Gasteiger partial charge in [0, 0.05) is 19.3 Å². The molecule has 0 aliphatic heterocycles. The van der Waals surface area contributed by atoms with Crippen LogP contribution in [0.25, 0.3) is 0 Å². The summed E-state index contributed by atoms with van der Waals surface area (Å²) in [6.07, 6.45) is 6.49. The molecule has 0 saturated carbocycles. The van der Waals surface area contributed by atoms with Gasteiger partial charge in [-0.25, -0.2) is 0 Å². The molecule has 1 atom stereocenters. The minimum Gasteiger partial charge on any atom is -0.382 e. The molecule has 0 amide bonds. The average molecular weight is 195 g/mol. The molecule has 0 fully saturated rings. The molecular formula is C11H21N3. The number of aromatic nitrogens is 2. The first-order valence-corrected chi connectivity index (χ1v) is 5.52. The van der Waals surface area contributed by atoms with E-state index >= 15 is 0 Å². The fraction of sp³-hybridized carbons (Fsp3) is 0.727. The van der Waals surface area contributed by atoms with Crippen LogP contribution >= 0.6 is 0 Å². The Hall–Kier alpha value is -0.990. The van der Waals surface area contributed by atoms with Gasteiger partial charge in [-0.2, -0.15) is 5.10 Å². The molecule has 80 valence electrons. The zero-order valence-corrected chi connectivity index (χ0v) is 9.45. The number of hydrogen-bond donors (Lipinski definition) is 1. The Labute approximate surface area is 86.5 Å². The summed E-state index contributed by atoms with van der Waals surface area (Å²) in [6.45, 7) is 8.58. The van der Waals surface area contributed by atoms with Crippen LogP contribution in [0, 0.1) is 5.92 Å². The third-order valence-corrected chi connectivity index (χ3v) is 2.39. The standard InChI is InChI=1S/C11H21N3/c1-4-6-10(3)7-12-11-8-13-14(5-2)9-11/h8-10,12H,4-7H2,1-3H3/t10-/m0/s1. The van der Waals surface area contributed by atoms with E-state index in [0.717, 1.165) is 24.7 Å². The molecule has 0 radical (unpaired) electrons. The zero-order valence-electron chi connectivity index (χ0n) is 9.45. The topological polar surface area (TPSA) is 29.9 Å². The monoisotopic (exact) mass is 195 g/mol. The number of nitrogens with zero attached hydrogens (tertiary/aromatic N) is 2. The third-order valence-electron chi connectivity index (χ3n) is 2.39. The Morgan fingerprint density at radius 2 is 2.29 bits per heavy atom. The second kappa shape index (κ2) is 5.68. The van der Waals surface area contributed by atoms with Crippen LogP contribution in [0.5, 0.6) is 0 Å². The van der Waals surface area contributed by atoms with Crippen LogP contribution in [0.1, 0.15) is 33.6 Å². The minimum atomic E-state index is 0.741. The lowest BCUT2D eigenvalue weighted by Crippen LogP contribution is -2.10. The Morgan fingerprint density at radius 3 is 2.86 bits per heavy atom. The normalized spacial score (nSPS) is 12.8. The van der Waals surface area contributed by atoms with Gasteiger partial charge in [0.1, 0.15) is 0 Å². The third kappa shape index (κ3) is 3.40. The van der Waals surface area contributed by atoms with Gasteiger partial charge in [0.05, 0.1) is 11.9 Å². The molecule has 0 unspecified atom stereocenters. The zero-order chi connectivity index (χ0) is 10.4. The molecular weight excluding hydrogens is 174 g/mol.